The number of aromatic nitrogens is 3. The molecule has 2 aliphatic rings. The first-order chi connectivity index (χ1) is 26.2. The Balaban J connectivity index is 1.00. The molecular weight excluding hydrogens is 669 g/mol. The molecule has 2 heterocycles. The highest BCUT2D eigenvalue weighted by molar-refractivity contribution is 6.02. The number of hydrogen-bond acceptors (Lipinski definition) is 4. The van der Waals surface area contributed by atoms with Crippen LogP contribution in [0, 0.1) is 13.8 Å². The van der Waals surface area contributed by atoms with Crippen molar-refractivity contribution in [3.05, 3.63) is 160 Å². The van der Waals surface area contributed by atoms with Gasteiger partial charge in [-0.3, -0.25) is 9.59 Å². The average Bonchev–Trinajstić information content (AvgIpc) is 4.01. The van der Waals surface area contributed by atoms with E-state index in [2.05, 4.69) is 104 Å². The molecule has 8 aromatic rings. The predicted octanol–water partition coefficient (Wildman–Crippen LogP) is 8.66. The second kappa shape index (κ2) is 11.9. The molecule has 2 aromatic heterocycles. The zero-order chi connectivity index (χ0) is 36.8. The number of nitrogens with one attached hydrogen (secondary N) is 4. The average molecular weight is 709 g/mol. The lowest BCUT2D eigenvalue weighted by Gasteiger charge is -2.24. The van der Waals surface area contributed by atoms with Crippen molar-refractivity contribution in [3.8, 4) is 0 Å². The smallest absolute Gasteiger partial charge is 0.252 e. The third kappa shape index (κ3) is 5.12. The Morgan fingerprint density at radius 2 is 1.44 bits per heavy atom. The number of benzene rings is 6. The van der Waals surface area contributed by atoms with E-state index in [4.69, 9.17) is 5.73 Å². The first kappa shape index (κ1) is 32.4. The number of nitrogens with zero attached hydrogens (tertiary/aromatic N) is 1. The molecule has 6 aromatic carbocycles. The van der Waals surface area contributed by atoms with Gasteiger partial charge in [0, 0.05) is 34.1 Å². The van der Waals surface area contributed by atoms with Crippen LogP contribution in [0.3, 0.4) is 0 Å². The van der Waals surface area contributed by atoms with Crippen LogP contribution in [-0.2, 0) is 17.6 Å². The van der Waals surface area contributed by atoms with Crippen LogP contribution in [0.2, 0.25) is 0 Å². The van der Waals surface area contributed by atoms with Crippen LogP contribution in [0.15, 0.2) is 115 Å². The van der Waals surface area contributed by atoms with Crippen molar-refractivity contribution >= 4 is 55.3 Å². The van der Waals surface area contributed by atoms with Gasteiger partial charge in [0.15, 0.2) is 0 Å². The first-order valence-corrected chi connectivity index (χ1v) is 18.7. The topological polar surface area (TPSA) is 129 Å². The second-order valence-electron chi connectivity index (χ2n) is 15.3. The number of amides is 2. The van der Waals surface area contributed by atoms with Crippen molar-refractivity contribution in [1.82, 2.24) is 25.6 Å². The Hall–Kier alpha value is -6.25. The number of rotatable bonds is 8. The molecule has 2 fully saturated rings. The Bertz CT molecular complexity index is 2840. The summed E-state index contributed by atoms with van der Waals surface area (Å²) in [6, 6.07) is 37.7. The molecule has 2 aliphatic carbocycles. The fraction of sp³-hybridized carbons (Fsp3) is 0.196. The van der Waals surface area contributed by atoms with Gasteiger partial charge in [-0.2, -0.15) is 0 Å². The zero-order valence-corrected chi connectivity index (χ0v) is 30.2. The van der Waals surface area contributed by atoms with Crippen LogP contribution in [0.4, 0.5) is 0 Å². The van der Waals surface area contributed by atoms with Gasteiger partial charge in [-0.05, 0) is 113 Å². The summed E-state index contributed by atoms with van der Waals surface area (Å²) in [4.78, 5) is 39.2. The summed E-state index contributed by atoms with van der Waals surface area (Å²) < 4.78 is 0. The Morgan fingerprint density at radius 3 is 2.26 bits per heavy atom. The van der Waals surface area contributed by atoms with Crippen LogP contribution in [0.5, 0.6) is 0 Å². The largest absolute Gasteiger partial charge is 0.361 e. The van der Waals surface area contributed by atoms with Crippen LogP contribution < -0.4 is 16.4 Å². The number of hydrogen-bond donors (Lipinski definition) is 5. The maximum atomic E-state index is 14.4. The number of carbonyl (C=O) groups is 2. The van der Waals surface area contributed by atoms with E-state index in [1.807, 2.05) is 50.4 Å². The summed E-state index contributed by atoms with van der Waals surface area (Å²) in [5.41, 5.74) is 14.0. The molecule has 54 heavy (non-hydrogen) atoms. The fourth-order valence-corrected chi connectivity index (χ4v) is 8.87. The van der Waals surface area contributed by atoms with Gasteiger partial charge in [0.1, 0.15) is 5.82 Å². The molecule has 8 nitrogen and oxygen atoms in total. The number of imidazole rings is 1. The summed E-state index contributed by atoms with van der Waals surface area (Å²) in [6.45, 7) is 4.25. The molecule has 2 atom stereocenters. The summed E-state index contributed by atoms with van der Waals surface area (Å²) in [5, 5.41) is 12.6. The zero-order valence-electron chi connectivity index (χ0n) is 30.2. The monoisotopic (exact) mass is 708 g/mol. The summed E-state index contributed by atoms with van der Waals surface area (Å²) in [5.74, 6) is 0.578. The van der Waals surface area contributed by atoms with Gasteiger partial charge < -0.3 is 26.3 Å². The minimum absolute atomic E-state index is 0.0446. The van der Waals surface area contributed by atoms with Gasteiger partial charge >= 0.3 is 0 Å². The van der Waals surface area contributed by atoms with E-state index < -0.39 is 11.1 Å². The Labute approximate surface area is 312 Å². The highest BCUT2D eigenvalue weighted by Gasteiger charge is 2.58. The van der Waals surface area contributed by atoms with E-state index in [-0.39, 0.29) is 17.7 Å². The molecule has 6 N–H and O–H groups in total. The summed E-state index contributed by atoms with van der Waals surface area (Å²) >= 11 is 0. The molecule has 0 radical (unpaired) electrons. The van der Waals surface area contributed by atoms with Crippen LogP contribution in [0.1, 0.15) is 79.5 Å². The Morgan fingerprint density at radius 1 is 0.741 bits per heavy atom. The standard InChI is InChI=1S/C46H40N6O2/c1-26-19-39-31(15-18-48-39)22-34(26)43(53)51-45(16-17-45)36-11-6-9-29-21-30(13-14-33(29)36)38-24-46(38,37-12-5-8-28-7-3-4-10-32(28)37)52-44(54)35-23-41-40(20-27(35)2)49-42(25-47)50-41/h3-15,18-23,38,48H,16-17,24-25,47H2,1-2H3,(H,49,50)(H,51,53)(H,52,54). The quantitative estimate of drug-likeness (QED) is 0.108. The molecular formula is C46H40N6O2. The van der Waals surface area contributed by atoms with E-state index >= 15 is 0 Å². The lowest BCUT2D eigenvalue weighted by atomic mass is 9.91. The molecule has 2 saturated carbocycles. The van der Waals surface area contributed by atoms with E-state index in [0.717, 1.165) is 85.0 Å². The maximum Gasteiger partial charge on any atom is 0.252 e. The highest BCUT2D eigenvalue weighted by atomic mass is 16.2. The van der Waals surface area contributed by atoms with E-state index in [1.54, 1.807) is 0 Å². The number of carbonyl (C=O) groups excluding carboxylic acids is 2. The maximum absolute atomic E-state index is 14.4. The van der Waals surface area contributed by atoms with Crippen molar-refractivity contribution in [2.45, 2.75) is 56.7 Å². The van der Waals surface area contributed by atoms with Crippen LogP contribution in [-0.4, -0.2) is 26.8 Å². The van der Waals surface area contributed by atoms with Crippen molar-refractivity contribution in [2.75, 3.05) is 0 Å². The lowest BCUT2D eigenvalue weighted by Crippen LogP contribution is -2.37. The van der Waals surface area contributed by atoms with Crippen LogP contribution >= 0.6 is 0 Å². The predicted molar refractivity (Wildman–Crippen MR) is 215 cm³/mol. The van der Waals surface area contributed by atoms with Gasteiger partial charge in [-0.1, -0.05) is 78.9 Å². The second-order valence-corrected chi connectivity index (χ2v) is 15.3. The normalized spacial score (nSPS) is 18.7. The third-order valence-corrected chi connectivity index (χ3v) is 12.0. The molecule has 0 aliphatic heterocycles. The number of nitrogens with two attached hydrogens (primary N) is 1. The van der Waals surface area contributed by atoms with Crippen molar-refractivity contribution in [3.63, 3.8) is 0 Å². The van der Waals surface area contributed by atoms with Gasteiger partial charge in [-0.25, -0.2) is 4.98 Å². The van der Waals surface area contributed by atoms with Crippen molar-refractivity contribution in [2.24, 2.45) is 5.73 Å². The number of H-pyrrole nitrogens is 2. The molecule has 0 spiro atoms. The summed E-state index contributed by atoms with van der Waals surface area (Å²) in [7, 11) is 0. The molecule has 10 rings (SSSR count). The molecule has 266 valence electrons. The van der Waals surface area contributed by atoms with Gasteiger partial charge in [0.25, 0.3) is 11.8 Å². The minimum atomic E-state index is -0.608. The van der Waals surface area contributed by atoms with Gasteiger partial charge in [-0.15, -0.1) is 0 Å². The molecule has 8 heteroatoms. The van der Waals surface area contributed by atoms with Crippen molar-refractivity contribution in [1.29, 1.82) is 0 Å². The first-order valence-electron chi connectivity index (χ1n) is 18.7. The minimum Gasteiger partial charge on any atom is -0.361 e. The molecule has 0 saturated heterocycles. The van der Waals surface area contributed by atoms with Gasteiger partial charge in [0.05, 0.1) is 28.7 Å². The van der Waals surface area contributed by atoms with E-state index in [9.17, 15) is 9.59 Å². The lowest BCUT2D eigenvalue weighted by molar-refractivity contribution is 0.0921. The van der Waals surface area contributed by atoms with E-state index in [1.165, 1.54) is 5.56 Å². The highest BCUT2D eigenvalue weighted by Crippen LogP contribution is 2.60. The fourth-order valence-electron chi connectivity index (χ4n) is 8.87. The number of aryl methyl sites for hydroxylation is 2. The van der Waals surface area contributed by atoms with Crippen LogP contribution in [0.25, 0.3) is 43.5 Å². The van der Waals surface area contributed by atoms with Crippen molar-refractivity contribution < 1.29 is 9.59 Å². The molecule has 2 amide bonds. The molecule has 2 unspecified atom stereocenters. The third-order valence-electron chi connectivity index (χ3n) is 12.0. The number of fused-ring (bicyclic) bond motifs is 4. The summed E-state index contributed by atoms with van der Waals surface area (Å²) in [6.07, 6.45) is 4.45. The number of aromatic amines is 2. The SMILES string of the molecule is Cc1cc2[nH]ccc2cc1C(=O)NC1(c2cccc3cc(C4CC4(NC(=O)c4cc5nc(CN)[nH]c5cc4C)c4cccc5ccccc45)ccc23)CC1. The van der Waals surface area contributed by atoms with E-state index in [0.29, 0.717) is 23.5 Å². The Kier molecular flexibility index (Phi) is 7.13. The molecule has 0 bridgehead atoms. The van der Waals surface area contributed by atoms with Gasteiger partial charge in [0.2, 0.25) is 0 Å².